The number of rotatable bonds is 5. The van der Waals surface area contributed by atoms with Gasteiger partial charge in [-0.2, -0.15) is 0 Å². The third-order valence-corrected chi connectivity index (χ3v) is 5.10. The Labute approximate surface area is 168 Å². The van der Waals surface area contributed by atoms with Gasteiger partial charge in [-0.3, -0.25) is 19.5 Å². The summed E-state index contributed by atoms with van der Waals surface area (Å²) in [5, 5.41) is 5.49. The molecule has 0 saturated carbocycles. The second-order valence-corrected chi connectivity index (χ2v) is 7.33. The molecule has 0 spiro atoms. The number of hydrogen-bond donors (Lipinski definition) is 2. The number of amides is 2. The van der Waals surface area contributed by atoms with Crippen molar-refractivity contribution in [1.82, 2.24) is 14.5 Å². The summed E-state index contributed by atoms with van der Waals surface area (Å²) in [5.74, 6) is -0.769. The molecule has 0 aliphatic carbocycles. The van der Waals surface area contributed by atoms with Crippen molar-refractivity contribution in [3.8, 4) is 5.69 Å². The van der Waals surface area contributed by atoms with Crippen molar-refractivity contribution in [2.75, 3.05) is 5.32 Å². The molecule has 0 atom stereocenters. The molecule has 2 aromatic heterocycles. The Balaban J connectivity index is 1.61. The number of benzene rings is 2. The molecule has 0 fully saturated rings. The summed E-state index contributed by atoms with van der Waals surface area (Å²) in [6.45, 7) is 0. The fourth-order valence-electron chi connectivity index (χ4n) is 2.75. The summed E-state index contributed by atoms with van der Waals surface area (Å²) >= 11 is 7.20. The Morgan fingerprint density at radius 3 is 2.71 bits per heavy atom. The Morgan fingerprint density at radius 1 is 1.18 bits per heavy atom. The van der Waals surface area contributed by atoms with Crippen molar-refractivity contribution >= 4 is 50.9 Å². The molecule has 0 radical (unpaired) electrons. The topological polar surface area (TPSA) is 103 Å². The van der Waals surface area contributed by atoms with Crippen LogP contribution in [0, 0.1) is 0 Å². The predicted molar refractivity (Wildman–Crippen MR) is 109 cm³/mol. The Bertz CT molecular complexity index is 1180. The van der Waals surface area contributed by atoms with E-state index < -0.39 is 5.91 Å². The summed E-state index contributed by atoms with van der Waals surface area (Å²) in [5.41, 5.74) is 8.61. The lowest BCUT2D eigenvalue weighted by molar-refractivity contribution is -0.117. The fraction of sp³-hybridized carbons (Fsp3) is 0.0526. The zero-order chi connectivity index (χ0) is 19.7. The van der Waals surface area contributed by atoms with Crippen molar-refractivity contribution in [3.05, 3.63) is 70.5 Å². The van der Waals surface area contributed by atoms with E-state index >= 15 is 0 Å². The van der Waals surface area contributed by atoms with Crippen LogP contribution < -0.4 is 11.1 Å². The molecular weight excluding hydrogens is 398 g/mol. The third kappa shape index (κ3) is 3.73. The summed E-state index contributed by atoms with van der Waals surface area (Å²) in [4.78, 5) is 32.2. The minimum Gasteiger partial charge on any atom is -0.369 e. The summed E-state index contributed by atoms with van der Waals surface area (Å²) in [7, 11) is 0. The first-order valence-corrected chi connectivity index (χ1v) is 9.52. The van der Waals surface area contributed by atoms with Crippen molar-refractivity contribution in [2.45, 2.75) is 6.42 Å². The number of nitrogens with zero attached hydrogens (tertiary/aromatic N) is 3. The molecule has 7 nitrogen and oxygen atoms in total. The second-order valence-electron chi connectivity index (χ2n) is 6.04. The van der Waals surface area contributed by atoms with Crippen LogP contribution in [-0.4, -0.2) is 26.3 Å². The van der Waals surface area contributed by atoms with Crippen molar-refractivity contribution in [3.63, 3.8) is 0 Å². The number of fused-ring (bicyclic) bond motifs is 1. The molecule has 4 rings (SSSR count). The van der Waals surface area contributed by atoms with Gasteiger partial charge in [-0.15, -0.1) is 11.3 Å². The third-order valence-electron chi connectivity index (χ3n) is 4.04. The average molecular weight is 412 g/mol. The van der Waals surface area contributed by atoms with Gasteiger partial charge in [0.2, 0.25) is 5.91 Å². The minimum absolute atomic E-state index is 0.0403. The van der Waals surface area contributed by atoms with Crippen LogP contribution in [0.25, 0.3) is 16.7 Å². The first-order valence-electron chi connectivity index (χ1n) is 8.27. The smallest absolute Gasteiger partial charge is 0.257 e. The highest BCUT2D eigenvalue weighted by molar-refractivity contribution is 7.14. The maximum Gasteiger partial charge on any atom is 0.257 e. The van der Waals surface area contributed by atoms with Gasteiger partial charge in [-0.1, -0.05) is 11.6 Å². The number of nitrogens with one attached hydrogen (secondary N) is 1. The van der Waals surface area contributed by atoms with E-state index in [1.807, 2.05) is 16.7 Å². The SMILES string of the molecule is NC(=O)Cc1csc(NC(=O)c2ccc3ncn(-c4ccc(Cl)cc4)c3c2)n1. The second kappa shape index (κ2) is 7.41. The number of anilines is 1. The standard InChI is InChI=1S/C19H14ClN5O2S/c20-12-2-4-14(5-3-12)25-10-22-15-6-1-11(7-16(15)25)18(27)24-19-23-13(9-28-19)8-17(21)26/h1-7,9-10H,8H2,(H2,21,26)(H,23,24,27). The van der Waals surface area contributed by atoms with E-state index in [4.69, 9.17) is 17.3 Å². The monoisotopic (exact) mass is 411 g/mol. The van der Waals surface area contributed by atoms with Gasteiger partial charge in [0, 0.05) is 21.7 Å². The lowest BCUT2D eigenvalue weighted by atomic mass is 10.2. The predicted octanol–water partition coefficient (Wildman–Crippen LogP) is 3.42. The average Bonchev–Trinajstić information content (AvgIpc) is 3.28. The Hall–Kier alpha value is -3.23. The molecule has 28 heavy (non-hydrogen) atoms. The lowest BCUT2D eigenvalue weighted by Gasteiger charge is -2.06. The van der Waals surface area contributed by atoms with Crippen LogP contribution in [0.3, 0.4) is 0 Å². The van der Waals surface area contributed by atoms with Gasteiger partial charge in [0.25, 0.3) is 5.91 Å². The molecule has 0 aliphatic heterocycles. The van der Waals surface area contributed by atoms with Gasteiger partial charge in [0.05, 0.1) is 23.1 Å². The molecule has 2 aromatic carbocycles. The molecule has 3 N–H and O–H groups in total. The molecule has 9 heteroatoms. The van der Waals surface area contributed by atoms with Crippen LogP contribution in [0.15, 0.2) is 54.2 Å². The summed E-state index contributed by atoms with van der Waals surface area (Å²) in [6.07, 6.45) is 1.74. The van der Waals surface area contributed by atoms with Crippen LogP contribution in [0.1, 0.15) is 16.1 Å². The van der Waals surface area contributed by atoms with Crippen LogP contribution >= 0.6 is 22.9 Å². The Morgan fingerprint density at radius 2 is 1.96 bits per heavy atom. The van der Waals surface area contributed by atoms with Gasteiger partial charge in [-0.05, 0) is 42.5 Å². The number of carbonyl (C=O) groups excluding carboxylic acids is 2. The number of halogens is 1. The number of hydrogen-bond acceptors (Lipinski definition) is 5. The molecule has 0 unspecified atom stereocenters. The van der Waals surface area contributed by atoms with E-state index in [2.05, 4.69) is 15.3 Å². The highest BCUT2D eigenvalue weighted by atomic mass is 35.5. The highest BCUT2D eigenvalue weighted by Gasteiger charge is 2.13. The van der Waals surface area contributed by atoms with Gasteiger partial charge in [-0.25, -0.2) is 9.97 Å². The number of imidazole rings is 1. The fourth-order valence-corrected chi connectivity index (χ4v) is 3.58. The number of nitrogens with two attached hydrogens (primary N) is 1. The largest absolute Gasteiger partial charge is 0.369 e. The molecule has 0 saturated heterocycles. The molecule has 4 aromatic rings. The lowest BCUT2D eigenvalue weighted by Crippen LogP contribution is -2.14. The van der Waals surface area contributed by atoms with E-state index in [1.165, 1.54) is 11.3 Å². The van der Waals surface area contributed by atoms with Gasteiger partial charge in [0.1, 0.15) is 6.33 Å². The first kappa shape index (κ1) is 18.1. The molecule has 140 valence electrons. The number of thiazole rings is 1. The van der Waals surface area contributed by atoms with Crippen LogP contribution in [0.2, 0.25) is 5.02 Å². The van der Waals surface area contributed by atoms with Crippen molar-refractivity contribution in [1.29, 1.82) is 0 Å². The van der Waals surface area contributed by atoms with Gasteiger partial charge < -0.3 is 5.73 Å². The van der Waals surface area contributed by atoms with E-state index in [9.17, 15) is 9.59 Å². The summed E-state index contributed by atoms with van der Waals surface area (Å²) in [6, 6.07) is 12.6. The first-order chi connectivity index (χ1) is 13.5. The maximum atomic E-state index is 12.6. The number of aromatic nitrogens is 3. The summed E-state index contributed by atoms with van der Waals surface area (Å²) < 4.78 is 1.89. The van der Waals surface area contributed by atoms with Crippen LogP contribution in [0.5, 0.6) is 0 Å². The number of carbonyl (C=O) groups is 2. The van der Waals surface area contributed by atoms with E-state index in [0.29, 0.717) is 21.4 Å². The normalized spacial score (nSPS) is 10.9. The quantitative estimate of drug-likeness (QED) is 0.525. The van der Waals surface area contributed by atoms with Crippen LogP contribution in [0.4, 0.5) is 5.13 Å². The molecule has 2 amide bonds. The van der Waals surface area contributed by atoms with E-state index in [-0.39, 0.29) is 12.3 Å². The van der Waals surface area contributed by atoms with Crippen LogP contribution in [-0.2, 0) is 11.2 Å². The minimum atomic E-state index is -0.468. The zero-order valence-corrected chi connectivity index (χ0v) is 16.0. The van der Waals surface area contributed by atoms with Gasteiger partial charge in [0.15, 0.2) is 5.13 Å². The molecule has 0 bridgehead atoms. The van der Waals surface area contributed by atoms with Crippen molar-refractivity contribution < 1.29 is 9.59 Å². The number of primary amides is 1. The van der Waals surface area contributed by atoms with E-state index in [1.54, 1.807) is 42.0 Å². The van der Waals surface area contributed by atoms with Crippen molar-refractivity contribution in [2.24, 2.45) is 5.73 Å². The highest BCUT2D eigenvalue weighted by Crippen LogP contribution is 2.22. The van der Waals surface area contributed by atoms with Gasteiger partial charge >= 0.3 is 0 Å². The molecule has 0 aliphatic rings. The zero-order valence-electron chi connectivity index (χ0n) is 14.4. The maximum absolute atomic E-state index is 12.6. The Kier molecular flexibility index (Phi) is 4.81. The molecular formula is C19H14ClN5O2S. The van der Waals surface area contributed by atoms with E-state index in [0.717, 1.165) is 16.7 Å². The molecule has 2 heterocycles.